The van der Waals surface area contributed by atoms with Crippen molar-refractivity contribution < 1.29 is 4.79 Å². The minimum Gasteiger partial charge on any atom is -0.278 e. The number of H-pyrrole nitrogens is 1. The molecule has 0 unspecified atom stereocenters. The van der Waals surface area contributed by atoms with Gasteiger partial charge in [-0.15, -0.1) is 0 Å². The maximum atomic E-state index is 12.8. The minimum absolute atomic E-state index is 0.160. The van der Waals surface area contributed by atoms with Gasteiger partial charge in [0.05, 0.1) is 22.5 Å². The fourth-order valence-electron chi connectivity index (χ4n) is 2.69. The molecule has 128 valence electrons. The van der Waals surface area contributed by atoms with Gasteiger partial charge in [-0.2, -0.15) is 5.10 Å². The van der Waals surface area contributed by atoms with Crippen molar-refractivity contribution in [3.8, 4) is 11.3 Å². The summed E-state index contributed by atoms with van der Waals surface area (Å²) in [5, 5.41) is 16.0. The van der Waals surface area contributed by atoms with E-state index in [1.54, 1.807) is 36.5 Å². The zero-order chi connectivity index (χ0) is 18.1. The SMILES string of the molecule is N=C1SC(=Cc2cn[nH]c2-c2ccccc2)C(=O)N1c1ccc(Cl)cc1. The monoisotopic (exact) mass is 380 g/mol. The van der Waals surface area contributed by atoms with Crippen LogP contribution in [0.4, 0.5) is 5.69 Å². The number of nitrogens with zero attached hydrogens (tertiary/aromatic N) is 2. The highest BCUT2D eigenvalue weighted by Crippen LogP contribution is 2.36. The van der Waals surface area contributed by atoms with E-state index in [9.17, 15) is 4.79 Å². The number of benzene rings is 2. The molecule has 5 nitrogen and oxygen atoms in total. The second kappa shape index (κ2) is 6.82. The van der Waals surface area contributed by atoms with Gasteiger partial charge in [0.2, 0.25) is 0 Å². The Hall–Kier alpha value is -2.83. The molecule has 1 aliphatic rings. The van der Waals surface area contributed by atoms with Crippen LogP contribution in [-0.2, 0) is 4.79 Å². The fourth-order valence-corrected chi connectivity index (χ4v) is 3.67. The van der Waals surface area contributed by atoms with Crippen LogP contribution in [0.2, 0.25) is 5.02 Å². The lowest BCUT2D eigenvalue weighted by Crippen LogP contribution is -2.27. The van der Waals surface area contributed by atoms with E-state index >= 15 is 0 Å². The Kier molecular flexibility index (Phi) is 4.36. The van der Waals surface area contributed by atoms with E-state index in [1.807, 2.05) is 30.3 Å². The first-order chi connectivity index (χ1) is 12.6. The number of hydrogen-bond donors (Lipinski definition) is 2. The third-order valence-electron chi connectivity index (χ3n) is 3.93. The molecule has 4 rings (SSSR count). The van der Waals surface area contributed by atoms with Crippen LogP contribution in [0.15, 0.2) is 65.7 Å². The smallest absolute Gasteiger partial charge is 0.271 e. The van der Waals surface area contributed by atoms with Crippen molar-refractivity contribution in [2.24, 2.45) is 0 Å². The van der Waals surface area contributed by atoms with E-state index < -0.39 is 0 Å². The van der Waals surface area contributed by atoms with Gasteiger partial charge < -0.3 is 0 Å². The van der Waals surface area contributed by atoms with Gasteiger partial charge in [0, 0.05) is 16.1 Å². The third kappa shape index (κ3) is 3.05. The highest BCUT2D eigenvalue weighted by Gasteiger charge is 2.33. The van der Waals surface area contributed by atoms with Crippen molar-refractivity contribution >= 4 is 46.2 Å². The first-order valence-corrected chi connectivity index (χ1v) is 9.00. The molecular weight excluding hydrogens is 368 g/mol. The van der Waals surface area contributed by atoms with Gasteiger partial charge in [-0.3, -0.25) is 20.2 Å². The number of anilines is 1. The van der Waals surface area contributed by atoms with E-state index in [0.717, 1.165) is 28.6 Å². The van der Waals surface area contributed by atoms with Crippen LogP contribution in [0.5, 0.6) is 0 Å². The lowest BCUT2D eigenvalue weighted by molar-refractivity contribution is -0.113. The molecule has 1 amide bonds. The van der Waals surface area contributed by atoms with Crippen molar-refractivity contribution in [2.75, 3.05) is 4.90 Å². The van der Waals surface area contributed by atoms with Crippen LogP contribution in [0.3, 0.4) is 0 Å². The van der Waals surface area contributed by atoms with Crippen molar-refractivity contribution in [1.29, 1.82) is 5.41 Å². The summed E-state index contributed by atoms with van der Waals surface area (Å²) in [6.07, 6.45) is 3.45. The number of rotatable bonds is 3. The molecular formula is C19H13ClN4OS. The van der Waals surface area contributed by atoms with Gasteiger partial charge in [-0.05, 0) is 42.1 Å². The Bertz CT molecular complexity index is 1010. The zero-order valence-corrected chi connectivity index (χ0v) is 15.0. The molecule has 0 aliphatic carbocycles. The summed E-state index contributed by atoms with van der Waals surface area (Å²) in [7, 11) is 0. The number of carbonyl (C=O) groups excluding carboxylic acids is 1. The number of carbonyl (C=O) groups is 1. The minimum atomic E-state index is -0.234. The Morgan fingerprint density at radius 3 is 2.58 bits per heavy atom. The average Bonchev–Trinajstić information content (AvgIpc) is 3.22. The molecule has 1 aliphatic heterocycles. The Labute approximate surface area is 159 Å². The molecule has 1 fully saturated rings. The van der Waals surface area contributed by atoms with E-state index in [2.05, 4.69) is 10.2 Å². The summed E-state index contributed by atoms with van der Waals surface area (Å²) in [5.41, 5.74) is 3.24. The summed E-state index contributed by atoms with van der Waals surface area (Å²) >= 11 is 7.04. The molecule has 1 aromatic heterocycles. The molecule has 2 N–H and O–H groups in total. The molecule has 0 atom stereocenters. The lowest BCUT2D eigenvalue weighted by Gasteiger charge is -2.14. The van der Waals surface area contributed by atoms with Crippen LogP contribution < -0.4 is 4.90 Å². The molecule has 0 spiro atoms. The predicted molar refractivity (Wildman–Crippen MR) is 106 cm³/mol. The van der Waals surface area contributed by atoms with Crippen LogP contribution >= 0.6 is 23.4 Å². The molecule has 3 aromatic rings. The zero-order valence-electron chi connectivity index (χ0n) is 13.4. The number of nitrogens with one attached hydrogen (secondary N) is 2. The number of aromatic amines is 1. The van der Waals surface area contributed by atoms with E-state index in [0.29, 0.717) is 15.6 Å². The molecule has 26 heavy (non-hydrogen) atoms. The maximum absolute atomic E-state index is 12.8. The highest BCUT2D eigenvalue weighted by atomic mass is 35.5. The largest absolute Gasteiger partial charge is 0.278 e. The number of thioether (sulfide) groups is 1. The van der Waals surface area contributed by atoms with Crippen LogP contribution in [0.25, 0.3) is 17.3 Å². The number of hydrogen-bond acceptors (Lipinski definition) is 4. The fraction of sp³-hybridized carbons (Fsp3) is 0. The summed E-state index contributed by atoms with van der Waals surface area (Å²) in [6, 6.07) is 16.6. The normalized spacial score (nSPS) is 15.9. The van der Waals surface area contributed by atoms with Crippen LogP contribution in [0.1, 0.15) is 5.56 Å². The number of amides is 1. The maximum Gasteiger partial charge on any atom is 0.271 e. The number of amidine groups is 1. The van der Waals surface area contributed by atoms with E-state index in [-0.39, 0.29) is 11.1 Å². The summed E-state index contributed by atoms with van der Waals surface area (Å²) in [4.78, 5) is 14.7. The van der Waals surface area contributed by atoms with Crippen molar-refractivity contribution in [2.45, 2.75) is 0 Å². The summed E-state index contributed by atoms with van der Waals surface area (Å²) in [6.45, 7) is 0. The van der Waals surface area contributed by atoms with Crippen LogP contribution in [0, 0.1) is 5.41 Å². The first-order valence-electron chi connectivity index (χ1n) is 7.80. The Balaban J connectivity index is 1.68. The van der Waals surface area contributed by atoms with E-state index in [1.165, 1.54) is 4.90 Å². The quantitative estimate of drug-likeness (QED) is 0.642. The molecule has 2 heterocycles. The summed E-state index contributed by atoms with van der Waals surface area (Å²) in [5.74, 6) is -0.234. The topological polar surface area (TPSA) is 72.8 Å². The second-order valence-corrected chi connectivity index (χ2v) is 7.07. The first kappa shape index (κ1) is 16.6. The van der Waals surface area contributed by atoms with E-state index in [4.69, 9.17) is 17.0 Å². The molecule has 0 bridgehead atoms. The van der Waals surface area contributed by atoms with Gasteiger partial charge in [0.1, 0.15) is 0 Å². The Morgan fingerprint density at radius 2 is 1.85 bits per heavy atom. The van der Waals surface area contributed by atoms with Gasteiger partial charge in [-0.25, -0.2) is 0 Å². The van der Waals surface area contributed by atoms with Gasteiger partial charge >= 0.3 is 0 Å². The number of aromatic nitrogens is 2. The second-order valence-electron chi connectivity index (χ2n) is 5.60. The molecule has 0 radical (unpaired) electrons. The standard InChI is InChI=1S/C19H13ClN4OS/c20-14-6-8-15(9-7-14)24-18(25)16(26-19(24)21)10-13-11-22-23-17(13)12-4-2-1-3-5-12/h1-11,21H,(H,22,23). The van der Waals surface area contributed by atoms with Crippen molar-refractivity contribution in [1.82, 2.24) is 10.2 Å². The van der Waals surface area contributed by atoms with Crippen LogP contribution in [-0.4, -0.2) is 21.3 Å². The van der Waals surface area contributed by atoms with Crippen molar-refractivity contribution in [3.63, 3.8) is 0 Å². The number of halogens is 1. The van der Waals surface area contributed by atoms with Gasteiger partial charge in [0.25, 0.3) is 5.91 Å². The van der Waals surface area contributed by atoms with Gasteiger partial charge in [0.15, 0.2) is 5.17 Å². The molecule has 0 saturated carbocycles. The lowest BCUT2D eigenvalue weighted by atomic mass is 10.1. The Morgan fingerprint density at radius 1 is 1.12 bits per heavy atom. The molecule has 7 heteroatoms. The molecule has 2 aromatic carbocycles. The predicted octanol–water partition coefficient (Wildman–Crippen LogP) is 4.79. The van der Waals surface area contributed by atoms with Gasteiger partial charge in [-0.1, -0.05) is 41.9 Å². The third-order valence-corrected chi connectivity index (χ3v) is 5.07. The highest BCUT2D eigenvalue weighted by molar-refractivity contribution is 8.19. The van der Waals surface area contributed by atoms with Crippen molar-refractivity contribution in [3.05, 3.63) is 76.3 Å². The summed E-state index contributed by atoms with van der Waals surface area (Å²) < 4.78 is 0. The average molecular weight is 381 g/mol. The molecule has 1 saturated heterocycles.